The largest absolute Gasteiger partial charge is 0.491 e. The maximum Gasteiger partial charge on any atom is 0.127 e. The third-order valence-electron chi connectivity index (χ3n) is 8.11. The summed E-state index contributed by atoms with van der Waals surface area (Å²) >= 11 is 0. The lowest BCUT2D eigenvalue weighted by molar-refractivity contribution is -0.00479. The second kappa shape index (κ2) is 23.1. The molecule has 272 valence electrons. The molecule has 0 atom stereocenters. The van der Waals surface area contributed by atoms with Crippen molar-refractivity contribution in [2.24, 2.45) is 0 Å². The van der Waals surface area contributed by atoms with Crippen molar-refractivity contribution >= 4 is 21.5 Å². The van der Waals surface area contributed by atoms with Gasteiger partial charge in [0.05, 0.1) is 85.9 Å². The summed E-state index contributed by atoms with van der Waals surface area (Å²) in [5, 5.41) is 4.33. The molecule has 4 aromatic rings. The highest BCUT2D eigenvalue weighted by Crippen LogP contribution is 2.32. The van der Waals surface area contributed by atoms with E-state index in [4.69, 9.17) is 47.4 Å². The lowest BCUT2D eigenvalue weighted by atomic mass is 9.99. The minimum Gasteiger partial charge on any atom is -0.491 e. The smallest absolute Gasteiger partial charge is 0.127 e. The molecule has 0 unspecified atom stereocenters. The van der Waals surface area contributed by atoms with Crippen LogP contribution in [0.5, 0.6) is 17.2 Å². The van der Waals surface area contributed by atoms with Crippen LogP contribution in [-0.4, -0.2) is 112 Å². The van der Waals surface area contributed by atoms with Crippen LogP contribution in [0.15, 0.2) is 72.8 Å². The highest BCUT2D eigenvalue weighted by molar-refractivity contribution is 5.93. The first-order valence-corrected chi connectivity index (χ1v) is 17.8. The number of hydrogen-bond donors (Lipinski definition) is 0. The van der Waals surface area contributed by atoms with Crippen LogP contribution in [0.2, 0.25) is 0 Å². The lowest BCUT2D eigenvalue weighted by Gasteiger charge is -2.13. The van der Waals surface area contributed by atoms with Gasteiger partial charge in [0.15, 0.2) is 0 Å². The van der Waals surface area contributed by atoms with Gasteiger partial charge in [-0.1, -0.05) is 54.6 Å². The van der Waals surface area contributed by atoms with Crippen LogP contribution >= 0.6 is 0 Å². The molecule has 0 saturated carbocycles. The van der Waals surface area contributed by atoms with Crippen LogP contribution in [0.3, 0.4) is 0 Å². The highest BCUT2D eigenvalue weighted by Gasteiger charge is 2.09. The van der Waals surface area contributed by atoms with Gasteiger partial charge in [0.2, 0.25) is 0 Å². The Bertz CT molecular complexity index is 1400. The molecule has 0 aromatic heterocycles. The second-order valence-electron chi connectivity index (χ2n) is 11.7. The molecule has 8 bridgehead atoms. The molecule has 0 spiro atoms. The van der Waals surface area contributed by atoms with Crippen LogP contribution in [-0.2, 0) is 39.6 Å². The van der Waals surface area contributed by atoms with Crippen LogP contribution < -0.4 is 14.2 Å². The monoisotopic (exact) mass is 692 g/mol. The Labute approximate surface area is 295 Å². The van der Waals surface area contributed by atoms with E-state index < -0.39 is 0 Å². The average Bonchev–Trinajstić information content (AvgIpc) is 3.14. The summed E-state index contributed by atoms with van der Waals surface area (Å²) in [7, 11) is 0. The summed E-state index contributed by atoms with van der Waals surface area (Å²) in [5.41, 5.74) is 1.32. The Balaban J connectivity index is 1.05. The van der Waals surface area contributed by atoms with Gasteiger partial charge in [-0.25, -0.2) is 0 Å². The molecule has 0 fully saturated rings. The van der Waals surface area contributed by atoms with Gasteiger partial charge in [-0.05, 0) is 48.4 Å². The van der Waals surface area contributed by atoms with Crippen LogP contribution in [0.1, 0.15) is 18.4 Å². The maximum atomic E-state index is 6.10. The van der Waals surface area contributed by atoms with E-state index in [1.54, 1.807) is 0 Å². The van der Waals surface area contributed by atoms with Gasteiger partial charge in [0.1, 0.15) is 37.1 Å². The summed E-state index contributed by atoms with van der Waals surface area (Å²) < 4.78 is 58.0. The first-order chi connectivity index (χ1) is 24.9. The van der Waals surface area contributed by atoms with Crippen molar-refractivity contribution in [2.75, 3.05) is 112 Å². The fourth-order valence-electron chi connectivity index (χ4n) is 5.65. The highest BCUT2D eigenvalue weighted by atomic mass is 16.6. The second-order valence-corrected chi connectivity index (χ2v) is 11.7. The number of hydrogen-bond acceptors (Lipinski definition) is 10. The van der Waals surface area contributed by atoms with Gasteiger partial charge in [0, 0.05) is 22.8 Å². The van der Waals surface area contributed by atoms with Crippen molar-refractivity contribution in [2.45, 2.75) is 19.3 Å². The lowest BCUT2D eigenvalue weighted by Crippen LogP contribution is -2.14. The molecular formula is C40H52O10. The molecule has 1 aliphatic heterocycles. The molecule has 0 radical (unpaired) electrons. The molecular weight excluding hydrogens is 640 g/mol. The SMILES string of the molecule is c1cc2c3cccc(c3c1)CCCCOCCOCCOCCOCCOc1cccc3c(cccc13)OCCOCCOCCOCCO2. The first kappa shape index (κ1) is 37.8. The van der Waals surface area contributed by atoms with E-state index in [9.17, 15) is 0 Å². The fraction of sp³-hybridized carbons (Fsp3) is 0.500. The standard InChI is InChI=1S/C40H52O10/c1-2-16-41-17-18-42-19-20-43-21-24-46-28-31-49-39-14-5-12-37-36(39)11-6-15-40(37)50-32-29-47-26-23-44-22-25-45-27-30-48-38-13-4-9-34-33(7-1)8-3-10-35(34)38/h3-6,8-15H,1-2,7,16-32H2. The maximum absolute atomic E-state index is 6.10. The zero-order valence-electron chi connectivity index (χ0n) is 29.2. The first-order valence-electron chi connectivity index (χ1n) is 17.8. The van der Waals surface area contributed by atoms with Gasteiger partial charge < -0.3 is 47.4 Å². The Morgan fingerprint density at radius 1 is 0.280 bits per heavy atom. The van der Waals surface area contributed by atoms with Crippen molar-refractivity contribution in [3.8, 4) is 17.2 Å². The molecule has 1 heterocycles. The van der Waals surface area contributed by atoms with Gasteiger partial charge in [0.25, 0.3) is 0 Å². The van der Waals surface area contributed by atoms with Crippen molar-refractivity contribution in [1.82, 2.24) is 0 Å². The predicted molar refractivity (Wildman–Crippen MR) is 193 cm³/mol. The van der Waals surface area contributed by atoms with E-state index in [1.165, 1.54) is 10.9 Å². The van der Waals surface area contributed by atoms with E-state index in [2.05, 4.69) is 30.3 Å². The molecule has 1 aliphatic rings. The van der Waals surface area contributed by atoms with Crippen molar-refractivity contribution < 1.29 is 47.4 Å². The number of aryl methyl sites for hydroxylation is 1. The van der Waals surface area contributed by atoms with Gasteiger partial charge >= 0.3 is 0 Å². The Hall–Kier alpha value is -3.48. The number of benzene rings is 4. The van der Waals surface area contributed by atoms with Crippen molar-refractivity contribution in [3.05, 3.63) is 78.4 Å². The molecule has 4 aromatic carbocycles. The Kier molecular flexibility index (Phi) is 17.4. The zero-order chi connectivity index (χ0) is 34.3. The fourth-order valence-corrected chi connectivity index (χ4v) is 5.65. The molecule has 10 heteroatoms. The summed E-state index contributed by atoms with van der Waals surface area (Å²) in [6, 6.07) is 24.6. The Morgan fingerprint density at radius 2 is 0.600 bits per heavy atom. The van der Waals surface area contributed by atoms with Crippen molar-refractivity contribution in [3.63, 3.8) is 0 Å². The third-order valence-corrected chi connectivity index (χ3v) is 8.11. The van der Waals surface area contributed by atoms with E-state index >= 15 is 0 Å². The van der Waals surface area contributed by atoms with Crippen LogP contribution in [0.25, 0.3) is 21.5 Å². The minimum atomic E-state index is 0.432. The van der Waals surface area contributed by atoms with Gasteiger partial charge in [-0.3, -0.25) is 0 Å². The normalized spacial score (nSPS) is 18.7. The Morgan fingerprint density at radius 3 is 1.02 bits per heavy atom. The number of rotatable bonds is 0. The summed E-state index contributed by atoms with van der Waals surface area (Å²) in [6.45, 7) is 8.63. The molecule has 0 amide bonds. The van der Waals surface area contributed by atoms with Crippen molar-refractivity contribution in [1.29, 1.82) is 0 Å². The minimum absolute atomic E-state index is 0.432. The topological polar surface area (TPSA) is 92.3 Å². The quantitative estimate of drug-likeness (QED) is 0.210. The molecule has 10 nitrogen and oxygen atoms in total. The summed E-state index contributed by atoms with van der Waals surface area (Å²) in [4.78, 5) is 0. The van der Waals surface area contributed by atoms with Crippen LogP contribution in [0, 0.1) is 0 Å². The predicted octanol–water partition coefficient (Wildman–Crippen LogP) is 6.28. The van der Waals surface area contributed by atoms with E-state index in [-0.39, 0.29) is 0 Å². The molecule has 0 N–H and O–H groups in total. The molecule has 0 saturated heterocycles. The van der Waals surface area contributed by atoms with Gasteiger partial charge in [-0.15, -0.1) is 0 Å². The molecule has 0 aliphatic carbocycles. The average molecular weight is 693 g/mol. The van der Waals surface area contributed by atoms with E-state index in [0.29, 0.717) is 106 Å². The molecule has 5 rings (SSSR count). The van der Waals surface area contributed by atoms with Crippen LogP contribution in [0.4, 0.5) is 0 Å². The van der Waals surface area contributed by atoms with Gasteiger partial charge in [-0.2, -0.15) is 0 Å². The van der Waals surface area contributed by atoms with E-state index in [1.807, 2.05) is 42.5 Å². The third kappa shape index (κ3) is 13.0. The van der Waals surface area contributed by atoms with E-state index in [0.717, 1.165) is 59.3 Å². The summed E-state index contributed by atoms with van der Waals surface area (Å²) in [5.74, 6) is 2.46. The number of ether oxygens (including phenoxy) is 10. The zero-order valence-corrected chi connectivity index (χ0v) is 29.2. The molecule has 50 heavy (non-hydrogen) atoms. The summed E-state index contributed by atoms with van der Waals surface area (Å²) in [6.07, 6.45) is 3.03.